The van der Waals surface area contributed by atoms with Crippen LogP contribution in [0.25, 0.3) is 0 Å². The number of aromatic hydroxyl groups is 2. The van der Waals surface area contributed by atoms with Crippen LogP contribution in [-0.4, -0.2) is 52.2 Å². The molecule has 1 aliphatic heterocycles. The smallest absolute Gasteiger partial charge is 0.258 e. The van der Waals surface area contributed by atoms with Gasteiger partial charge in [-0.25, -0.2) is 4.39 Å². The van der Waals surface area contributed by atoms with E-state index in [-0.39, 0.29) is 46.8 Å². The summed E-state index contributed by atoms with van der Waals surface area (Å²) in [6, 6.07) is 4.04. The van der Waals surface area contributed by atoms with Gasteiger partial charge in [-0.15, -0.1) is 6.58 Å². The lowest BCUT2D eigenvalue weighted by atomic mass is 9.85. The molecule has 2 amide bonds. The molecule has 168 valence electrons. The quantitative estimate of drug-likeness (QED) is 0.286. The van der Waals surface area contributed by atoms with E-state index < -0.39 is 35.0 Å². The number of hydrogen-bond donors (Lipinski definition) is 2. The number of fused-ring (bicyclic) bond motifs is 1. The van der Waals surface area contributed by atoms with E-state index in [1.807, 2.05) is 0 Å². The molecular weight excluding hydrogens is 439 g/mol. The first-order chi connectivity index (χ1) is 15.1. The molecule has 0 saturated carbocycles. The van der Waals surface area contributed by atoms with E-state index in [0.29, 0.717) is 11.8 Å². The van der Waals surface area contributed by atoms with Crippen molar-refractivity contribution in [2.24, 2.45) is 0 Å². The highest BCUT2D eigenvalue weighted by molar-refractivity contribution is 6.30. The summed E-state index contributed by atoms with van der Waals surface area (Å²) in [5.74, 6) is -4.20. The number of hydrogen-bond acceptors (Lipinski definition) is 5. The standard InChI is InChI=1S/C23H22ClFN2O5/c1-4-5-13-18(15(11-28)22(31)26(2)3)14-10-27(23(32)19(14)21(30)20(13)29)9-12-6-7-17(25)16(24)8-12/h4,6-8,11,15,29-30H,1,5,9-10H2,2-3H3. The molecule has 0 radical (unpaired) electrons. The SMILES string of the molecule is C=CCc1c(O)c(O)c2c(c1C(C=O)C(=O)N(C)C)CN(Cc1ccc(F)c(Cl)c1)C2=O. The molecule has 0 aromatic heterocycles. The van der Waals surface area contributed by atoms with Crippen molar-refractivity contribution in [2.45, 2.75) is 25.4 Å². The van der Waals surface area contributed by atoms with Gasteiger partial charge >= 0.3 is 0 Å². The summed E-state index contributed by atoms with van der Waals surface area (Å²) in [6.45, 7) is 3.64. The van der Waals surface area contributed by atoms with E-state index in [9.17, 15) is 29.0 Å². The lowest BCUT2D eigenvalue weighted by molar-refractivity contribution is -0.132. The molecule has 0 spiro atoms. The van der Waals surface area contributed by atoms with Gasteiger partial charge in [0.2, 0.25) is 5.91 Å². The number of allylic oxidation sites excluding steroid dienone is 1. The minimum atomic E-state index is -1.28. The fraction of sp³-hybridized carbons (Fsp3) is 0.261. The predicted molar refractivity (Wildman–Crippen MR) is 116 cm³/mol. The maximum absolute atomic E-state index is 13.5. The largest absolute Gasteiger partial charge is 0.504 e. The molecule has 0 saturated heterocycles. The Morgan fingerprint density at radius 3 is 2.59 bits per heavy atom. The highest BCUT2D eigenvalue weighted by Crippen LogP contribution is 2.46. The average Bonchev–Trinajstić information content (AvgIpc) is 3.07. The minimum Gasteiger partial charge on any atom is -0.504 e. The Balaban J connectivity index is 2.16. The number of phenolic OH excluding ortho intramolecular Hbond substituents is 2. The molecular formula is C23H22ClFN2O5. The monoisotopic (exact) mass is 460 g/mol. The number of halogens is 2. The second kappa shape index (κ2) is 9.00. The van der Waals surface area contributed by atoms with Gasteiger partial charge in [0.15, 0.2) is 11.5 Å². The van der Waals surface area contributed by atoms with Crippen molar-refractivity contribution in [2.75, 3.05) is 14.1 Å². The van der Waals surface area contributed by atoms with Gasteiger partial charge in [0.05, 0.1) is 10.6 Å². The van der Waals surface area contributed by atoms with Crippen molar-refractivity contribution in [3.63, 3.8) is 0 Å². The highest BCUT2D eigenvalue weighted by atomic mass is 35.5. The second-order valence-corrected chi connectivity index (χ2v) is 8.10. The van der Waals surface area contributed by atoms with Gasteiger partial charge in [-0.05, 0) is 35.2 Å². The van der Waals surface area contributed by atoms with Gasteiger partial charge in [0.1, 0.15) is 18.0 Å². The van der Waals surface area contributed by atoms with Crippen LogP contribution in [-0.2, 0) is 29.1 Å². The molecule has 0 bridgehead atoms. The fourth-order valence-corrected chi connectivity index (χ4v) is 4.11. The molecule has 7 nitrogen and oxygen atoms in total. The van der Waals surface area contributed by atoms with Crippen LogP contribution in [0.2, 0.25) is 5.02 Å². The van der Waals surface area contributed by atoms with Crippen molar-refractivity contribution in [1.29, 1.82) is 0 Å². The zero-order valence-electron chi connectivity index (χ0n) is 17.6. The number of carbonyl (C=O) groups is 3. The summed E-state index contributed by atoms with van der Waals surface area (Å²) in [4.78, 5) is 40.4. The predicted octanol–water partition coefficient (Wildman–Crippen LogP) is 3.15. The zero-order valence-corrected chi connectivity index (χ0v) is 18.3. The molecule has 3 rings (SSSR count). The Labute approximate surface area is 189 Å². The molecule has 1 atom stereocenters. The van der Waals surface area contributed by atoms with E-state index in [1.54, 1.807) is 0 Å². The van der Waals surface area contributed by atoms with Crippen molar-refractivity contribution < 1.29 is 29.0 Å². The number of rotatable bonds is 7. The number of carbonyl (C=O) groups excluding carboxylic acids is 3. The van der Waals surface area contributed by atoms with E-state index >= 15 is 0 Å². The lowest BCUT2D eigenvalue weighted by Gasteiger charge is -2.22. The van der Waals surface area contributed by atoms with E-state index in [1.165, 1.54) is 48.2 Å². The number of likely N-dealkylation sites (N-methyl/N-ethyl adjacent to an activating group) is 1. The maximum Gasteiger partial charge on any atom is 0.258 e. The topological polar surface area (TPSA) is 98.1 Å². The highest BCUT2D eigenvalue weighted by Gasteiger charge is 2.39. The molecule has 1 unspecified atom stereocenters. The Morgan fingerprint density at radius 2 is 2.03 bits per heavy atom. The van der Waals surface area contributed by atoms with Crippen LogP contribution in [0.15, 0.2) is 30.9 Å². The molecule has 32 heavy (non-hydrogen) atoms. The fourth-order valence-electron chi connectivity index (χ4n) is 3.90. The van der Waals surface area contributed by atoms with Crippen LogP contribution in [0.1, 0.15) is 38.5 Å². The summed E-state index contributed by atoms with van der Waals surface area (Å²) in [5, 5.41) is 21.1. The third-order valence-corrected chi connectivity index (χ3v) is 5.70. The third kappa shape index (κ3) is 3.93. The van der Waals surface area contributed by atoms with Crippen LogP contribution in [0, 0.1) is 5.82 Å². The van der Waals surface area contributed by atoms with Crippen LogP contribution < -0.4 is 0 Å². The van der Waals surface area contributed by atoms with Gasteiger partial charge in [0, 0.05) is 32.7 Å². The molecule has 9 heteroatoms. The first-order valence-electron chi connectivity index (χ1n) is 9.72. The molecule has 1 aliphatic rings. The van der Waals surface area contributed by atoms with Crippen molar-refractivity contribution in [1.82, 2.24) is 9.80 Å². The number of aldehydes is 1. The Hall–Kier alpha value is -3.39. The number of nitrogens with zero attached hydrogens (tertiary/aromatic N) is 2. The van der Waals surface area contributed by atoms with Crippen LogP contribution >= 0.6 is 11.6 Å². The van der Waals surface area contributed by atoms with E-state index in [4.69, 9.17) is 11.6 Å². The lowest BCUT2D eigenvalue weighted by Crippen LogP contribution is -2.30. The van der Waals surface area contributed by atoms with Crippen LogP contribution in [0.5, 0.6) is 11.5 Å². The third-order valence-electron chi connectivity index (χ3n) is 5.41. The van der Waals surface area contributed by atoms with Gasteiger partial charge in [-0.3, -0.25) is 9.59 Å². The second-order valence-electron chi connectivity index (χ2n) is 7.69. The average molecular weight is 461 g/mol. The Morgan fingerprint density at radius 1 is 1.34 bits per heavy atom. The molecule has 2 aromatic carbocycles. The molecule has 2 aromatic rings. The van der Waals surface area contributed by atoms with Crippen LogP contribution in [0.4, 0.5) is 4.39 Å². The van der Waals surface area contributed by atoms with Gasteiger partial charge in [-0.1, -0.05) is 23.7 Å². The van der Waals surface area contributed by atoms with Crippen molar-refractivity contribution >= 4 is 29.7 Å². The van der Waals surface area contributed by atoms with Crippen molar-refractivity contribution in [3.05, 3.63) is 69.5 Å². The van der Waals surface area contributed by atoms with Gasteiger partial charge in [0.25, 0.3) is 5.91 Å². The summed E-state index contributed by atoms with van der Waals surface area (Å²) in [7, 11) is 2.98. The number of amides is 2. The summed E-state index contributed by atoms with van der Waals surface area (Å²) < 4.78 is 13.5. The molecule has 0 aliphatic carbocycles. The minimum absolute atomic E-state index is 0.0263. The van der Waals surface area contributed by atoms with Crippen molar-refractivity contribution in [3.8, 4) is 11.5 Å². The van der Waals surface area contributed by atoms with Gasteiger partial charge in [-0.2, -0.15) is 0 Å². The molecule has 2 N–H and O–H groups in total. The summed E-state index contributed by atoms with van der Waals surface area (Å²) in [5.41, 5.74) is 0.991. The Kier molecular flexibility index (Phi) is 6.55. The first kappa shape index (κ1) is 23.3. The van der Waals surface area contributed by atoms with E-state index in [2.05, 4.69) is 6.58 Å². The Bertz CT molecular complexity index is 1130. The van der Waals surface area contributed by atoms with Gasteiger partial charge < -0.3 is 24.8 Å². The maximum atomic E-state index is 13.5. The number of phenols is 2. The van der Waals surface area contributed by atoms with Crippen LogP contribution in [0.3, 0.4) is 0 Å². The summed E-state index contributed by atoms with van der Waals surface area (Å²) in [6.07, 6.45) is 1.98. The first-order valence-corrected chi connectivity index (χ1v) is 10.1. The molecule has 1 heterocycles. The number of benzene rings is 2. The normalized spacial score (nSPS) is 13.6. The summed E-state index contributed by atoms with van der Waals surface area (Å²) >= 11 is 5.83. The van der Waals surface area contributed by atoms with E-state index in [0.717, 1.165) is 0 Å². The molecule has 0 fully saturated rings. The zero-order chi connectivity index (χ0) is 23.7.